The molecular formula is C21H31IN6OS. The molecule has 3 rings (SSSR count). The zero-order valence-electron chi connectivity index (χ0n) is 17.3. The van der Waals surface area contributed by atoms with Gasteiger partial charge in [-0.15, -0.1) is 35.3 Å². The minimum absolute atomic E-state index is 0. The summed E-state index contributed by atoms with van der Waals surface area (Å²) in [6, 6.07) is 8.16. The van der Waals surface area contributed by atoms with E-state index in [1.54, 1.807) is 35.9 Å². The Hall–Kier alpha value is -1.72. The largest absolute Gasteiger partial charge is 0.357 e. The van der Waals surface area contributed by atoms with Crippen molar-refractivity contribution in [3.63, 3.8) is 0 Å². The van der Waals surface area contributed by atoms with E-state index in [9.17, 15) is 4.79 Å². The first kappa shape index (κ1) is 24.5. The first-order valence-corrected chi connectivity index (χ1v) is 11.1. The zero-order valence-corrected chi connectivity index (χ0v) is 20.5. The predicted molar refractivity (Wildman–Crippen MR) is 134 cm³/mol. The highest BCUT2D eigenvalue weighted by atomic mass is 127. The molecule has 0 radical (unpaired) electrons. The maximum absolute atomic E-state index is 12.1. The average Bonchev–Trinajstić information content (AvgIpc) is 3.46. The fourth-order valence-corrected chi connectivity index (χ4v) is 4.25. The van der Waals surface area contributed by atoms with Crippen LogP contribution in [0, 0.1) is 0 Å². The number of thiophene rings is 1. The van der Waals surface area contributed by atoms with Crippen molar-refractivity contribution in [2.24, 2.45) is 4.99 Å². The van der Waals surface area contributed by atoms with E-state index >= 15 is 0 Å². The molecule has 0 bridgehead atoms. The van der Waals surface area contributed by atoms with Gasteiger partial charge in [0.25, 0.3) is 5.91 Å². The SMILES string of the molecule is CCNC(=NCC(c1cccs1)N1CCCC1)NCCNC(=O)c1cccnc1.I. The number of likely N-dealkylation sites (tertiary alicyclic amines) is 1. The van der Waals surface area contributed by atoms with Crippen LogP contribution >= 0.6 is 35.3 Å². The summed E-state index contributed by atoms with van der Waals surface area (Å²) in [5, 5.41) is 11.6. The normalized spacial score (nSPS) is 15.3. The fraction of sp³-hybridized carbons (Fsp3) is 0.476. The summed E-state index contributed by atoms with van der Waals surface area (Å²) in [5.41, 5.74) is 0.567. The molecule has 7 nitrogen and oxygen atoms in total. The molecule has 0 spiro atoms. The van der Waals surface area contributed by atoms with Gasteiger partial charge in [-0.1, -0.05) is 6.07 Å². The van der Waals surface area contributed by atoms with Gasteiger partial charge in [-0.25, -0.2) is 0 Å². The maximum atomic E-state index is 12.1. The predicted octanol–water partition coefficient (Wildman–Crippen LogP) is 2.88. The van der Waals surface area contributed by atoms with Crippen molar-refractivity contribution in [1.82, 2.24) is 25.8 Å². The molecule has 2 aromatic rings. The summed E-state index contributed by atoms with van der Waals surface area (Å²) in [6.07, 6.45) is 5.75. The summed E-state index contributed by atoms with van der Waals surface area (Å²) in [7, 11) is 0. The summed E-state index contributed by atoms with van der Waals surface area (Å²) in [4.78, 5) is 24.8. The Kier molecular flexibility index (Phi) is 11.1. The van der Waals surface area contributed by atoms with Crippen LogP contribution in [0.3, 0.4) is 0 Å². The Morgan fingerprint density at radius 1 is 1.20 bits per heavy atom. The van der Waals surface area contributed by atoms with Crippen molar-refractivity contribution >= 4 is 47.2 Å². The molecule has 3 heterocycles. The van der Waals surface area contributed by atoms with Gasteiger partial charge in [-0.2, -0.15) is 0 Å². The lowest BCUT2D eigenvalue weighted by Gasteiger charge is -2.25. The van der Waals surface area contributed by atoms with Crippen LogP contribution in [-0.4, -0.2) is 61.0 Å². The molecule has 9 heteroatoms. The molecule has 1 aliphatic heterocycles. The molecule has 1 atom stereocenters. The number of rotatable bonds is 9. The van der Waals surface area contributed by atoms with Crippen LogP contribution in [-0.2, 0) is 0 Å². The molecule has 0 saturated carbocycles. The van der Waals surface area contributed by atoms with Crippen molar-refractivity contribution in [3.8, 4) is 0 Å². The van der Waals surface area contributed by atoms with Gasteiger partial charge < -0.3 is 16.0 Å². The second-order valence-electron chi connectivity index (χ2n) is 6.92. The smallest absolute Gasteiger partial charge is 0.252 e. The quantitative estimate of drug-likeness (QED) is 0.197. The first-order valence-electron chi connectivity index (χ1n) is 10.3. The van der Waals surface area contributed by atoms with E-state index in [2.05, 4.69) is 50.3 Å². The molecule has 1 saturated heterocycles. The molecule has 2 aromatic heterocycles. The van der Waals surface area contributed by atoms with Gasteiger partial charge in [0.15, 0.2) is 5.96 Å². The zero-order chi connectivity index (χ0) is 20.3. The molecule has 0 aliphatic carbocycles. The van der Waals surface area contributed by atoms with E-state index in [1.165, 1.54) is 17.7 Å². The van der Waals surface area contributed by atoms with Crippen LogP contribution in [0.15, 0.2) is 47.0 Å². The van der Waals surface area contributed by atoms with Crippen LogP contribution in [0.1, 0.15) is 41.0 Å². The number of hydrogen-bond acceptors (Lipinski definition) is 5. The number of guanidine groups is 1. The van der Waals surface area contributed by atoms with Gasteiger partial charge in [0.05, 0.1) is 18.2 Å². The third-order valence-electron chi connectivity index (χ3n) is 4.85. The van der Waals surface area contributed by atoms with E-state index in [4.69, 9.17) is 4.99 Å². The number of halogens is 1. The number of pyridine rings is 1. The monoisotopic (exact) mass is 542 g/mol. The number of amides is 1. The first-order chi connectivity index (χ1) is 14.3. The Morgan fingerprint density at radius 2 is 2.00 bits per heavy atom. The molecule has 0 aromatic carbocycles. The van der Waals surface area contributed by atoms with Crippen LogP contribution in [0.25, 0.3) is 0 Å². The van der Waals surface area contributed by atoms with Crippen molar-refractivity contribution in [2.45, 2.75) is 25.8 Å². The Bertz CT molecular complexity index is 765. The second-order valence-corrected chi connectivity index (χ2v) is 7.90. The van der Waals surface area contributed by atoms with Gasteiger partial charge in [-0.3, -0.25) is 19.7 Å². The maximum Gasteiger partial charge on any atom is 0.252 e. The third kappa shape index (κ3) is 7.51. The number of nitrogens with one attached hydrogen (secondary N) is 3. The van der Waals surface area contributed by atoms with Gasteiger partial charge in [0.1, 0.15) is 0 Å². The highest BCUT2D eigenvalue weighted by Gasteiger charge is 2.24. The molecule has 3 N–H and O–H groups in total. The van der Waals surface area contributed by atoms with Crippen molar-refractivity contribution in [3.05, 3.63) is 52.5 Å². The van der Waals surface area contributed by atoms with E-state index in [-0.39, 0.29) is 29.9 Å². The lowest BCUT2D eigenvalue weighted by atomic mass is 10.2. The average molecular weight is 542 g/mol. The summed E-state index contributed by atoms with van der Waals surface area (Å²) in [6.45, 7) is 6.96. The second kappa shape index (κ2) is 13.6. The van der Waals surface area contributed by atoms with Gasteiger partial charge in [0, 0.05) is 36.9 Å². The van der Waals surface area contributed by atoms with E-state index in [0.29, 0.717) is 24.7 Å². The highest BCUT2D eigenvalue weighted by Crippen LogP contribution is 2.28. The van der Waals surface area contributed by atoms with Crippen LogP contribution < -0.4 is 16.0 Å². The summed E-state index contributed by atoms with van der Waals surface area (Å²) in [5.74, 6) is 0.664. The number of aromatic nitrogens is 1. The lowest BCUT2D eigenvalue weighted by molar-refractivity contribution is 0.0954. The van der Waals surface area contributed by atoms with Gasteiger partial charge in [-0.05, 0) is 56.4 Å². The van der Waals surface area contributed by atoms with Gasteiger partial charge >= 0.3 is 0 Å². The molecular weight excluding hydrogens is 511 g/mol. The van der Waals surface area contributed by atoms with Crippen LogP contribution in [0.2, 0.25) is 0 Å². The number of carbonyl (C=O) groups excluding carboxylic acids is 1. The fourth-order valence-electron chi connectivity index (χ4n) is 3.40. The molecule has 1 unspecified atom stereocenters. The summed E-state index contributed by atoms with van der Waals surface area (Å²) >= 11 is 1.80. The van der Waals surface area contributed by atoms with Crippen molar-refractivity contribution in [2.75, 3.05) is 39.3 Å². The van der Waals surface area contributed by atoms with Crippen molar-refractivity contribution in [1.29, 1.82) is 0 Å². The van der Waals surface area contributed by atoms with Crippen LogP contribution in [0.5, 0.6) is 0 Å². The van der Waals surface area contributed by atoms with E-state index in [1.807, 2.05) is 0 Å². The standard InChI is InChI=1S/C21H30N6OS.HI/c1-2-23-21(25-11-10-24-20(28)17-7-5-9-22-15-17)26-16-18(19-8-6-14-29-19)27-12-3-4-13-27;/h5-9,14-15,18H,2-4,10-13,16H2,1H3,(H,24,28)(H2,23,25,26);1H. The van der Waals surface area contributed by atoms with E-state index in [0.717, 1.165) is 32.1 Å². The molecule has 1 fully saturated rings. The van der Waals surface area contributed by atoms with Crippen LogP contribution in [0.4, 0.5) is 0 Å². The summed E-state index contributed by atoms with van der Waals surface area (Å²) < 4.78 is 0. The number of aliphatic imine (C=N–C) groups is 1. The molecule has 1 aliphatic rings. The van der Waals surface area contributed by atoms with Crippen molar-refractivity contribution < 1.29 is 4.79 Å². The topological polar surface area (TPSA) is 81.7 Å². The Balaban J connectivity index is 0.00000320. The van der Waals surface area contributed by atoms with E-state index < -0.39 is 0 Å². The molecule has 164 valence electrons. The number of carbonyl (C=O) groups is 1. The van der Waals surface area contributed by atoms with Gasteiger partial charge in [0.2, 0.25) is 0 Å². The minimum Gasteiger partial charge on any atom is -0.357 e. The Labute approximate surface area is 199 Å². The minimum atomic E-state index is -0.117. The Morgan fingerprint density at radius 3 is 2.67 bits per heavy atom. The highest BCUT2D eigenvalue weighted by molar-refractivity contribution is 14.0. The third-order valence-corrected chi connectivity index (χ3v) is 5.82. The lowest BCUT2D eigenvalue weighted by Crippen LogP contribution is -2.42. The number of nitrogens with zero attached hydrogens (tertiary/aromatic N) is 3. The molecule has 1 amide bonds. The molecule has 30 heavy (non-hydrogen) atoms. The number of hydrogen-bond donors (Lipinski definition) is 3.